The molecular formula is C22H16Cl2FN3O. The van der Waals surface area contributed by atoms with Gasteiger partial charge in [0, 0.05) is 22.8 Å². The number of nitrogens with zero attached hydrogens (tertiary/aromatic N) is 2. The van der Waals surface area contributed by atoms with Crippen LogP contribution in [0.3, 0.4) is 0 Å². The van der Waals surface area contributed by atoms with Gasteiger partial charge in [0.25, 0.3) is 5.91 Å². The minimum atomic E-state index is -0.571. The average Bonchev–Trinajstić information content (AvgIpc) is 2.97. The molecule has 1 aromatic heterocycles. The van der Waals surface area contributed by atoms with Crippen molar-refractivity contribution in [1.29, 1.82) is 5.26 Å². The first-order chi connectivity index (χ1) is 13.8. The molecule has 0 unspecified atom stereocenters. The zero-order valence-electron chi connectivity index (χ0n) is 15.6. The molecule has 0 saturated carbocycles. The van der Waals surface area contributed by atoms with Gasteiger partial charge in [0.1, 0.15) is 17.5 Å². The largest absolute Gasteiger partial charge is 0.321 e. The molecule has 0 bridgehead atoms. The number of amides is 1. The van der Waals surface area contributed by atoms with E-state index in [1.165, 1.54) is 30.3 Å². The van der Waals surface area contributed by atoms with Crippen molar-refractivity contribution in [3.63, 3.8) is 0 Å². The van der Waals surface area contributed by atoms with E-state index in [0.29, 0.717) is 15.7 Å². The summed E-state index contributed by atoms with van der Waals surface area (Å²) in [6.07, 6.45) is 1.52. The maximum absolute atomic E-state index is 13.0. The fourth-order valence-electron chi connectivity index (χ4n) is 2.99. The zero-order valence-corrected chi connectivity index (χ0v) is 17.1. The summed E-state index contributed by atoms with van der Waals surface area (Å²) in [5, 5.41) is 12.9. The molecule has 0 saturated heterocycles. The van der Waals surface area contributed by atoms with Gasteiger partial charge in [0.05, 0.1) is 10.0 Å². The topological polar surface area (TPSA) is 57.8 Å². The molecule has 1 amide bonds. The Hall–Kier alpha value is -3.07. The minimum absolute atomic E-state index is 0.0660. The molecule has 0 aliphatic heterocycles. The van der Waals surface area contributed by atoms with Gasteiger partial charge in [-0.1, -0.05) is 23.2 Å². The predicted molar refractivity (Wildman–Crippen MR) is 114 cm³/mol. The van der Waals surface area contributed by atoms with E-state index in [1.807, 2.05) is 36.6 Å². The Bertz CT molecular complexity index is 1160. The van der Waals surface area contributed by atoms with Crippen LogP contribution in [0.2, 0.25) is 10.0 Å². The second-order valence-electron chi connectivity index (χ2n) is 6.39. The lowest BCUT2D eigenvalue weighted by Gasteiger charge is -2.10. The Balaban J connectivity index is 1.94. The number of benzene rings is 2. The van der Waals surface area contributed by atoms with Crippen molar-refractivity contribution in [2.45, 2.75) is 13.8 Å². The van der Waals surface area contributed by atoms with Crippen molar-refractivity contribution in [1.82, 2.24) is 4.57 Å². The summed E-state index contributed by atoms with van der Waals surface area (Å²) in [6, 6.07) is 14.4. The minimum Gasteiger partial charge on any atom is -0.321 e. The smallest absolute Gasteiger partial charge is 0.266 e. The number of halogens is 3. The molecular weight excluding hydrogens is 412 g/mol. The van der Waals surface area contributed by atoms with Crippen molar-refractivity contribution in [2.24, 2.45) is 0 Å². The summed E-state index contributed by atoms with van der Waals surface area (Å²) in [5.74, 6) is -0.979. The standard InChI is InChI=1S/C22H16Cl2FN3O/c1-13-9-15(14(2)28(13)19-7-8-20(23)21(24)11-19)10-16(12-26)22(29)27-18-5-3-17(25)4-6-18/h3-11H,1-2H3,(H,27,29)/b16-10+. The molecule has 0 aliphatic carbocycles. The number of hydrogen-bond acceptors (Lipinski definition) is 2. The molecule has 0 aliphatic rings. The first-order valence-corrected chi connectivity index (χ1v) is 9.39. The Morgan fingerprint density at radius 2 is 1.79 bits per heavy atom. The van der Waals surface area contributed by atoms with Gasteiger partial charge in [-0.15, -0.1) is 0 Å². The SMILES string of the molecule is Cc1cc(/C=C(\C#N)C(=O)Nc2ccc(F)cc2)c(C)n1-c1ccc(Cl)c(Cl)c1. The Labute approximate surface area is 177 Å². The first-order valence-electron chi connectivity index (χ1n) is 8.63. The highest BCUT2D eigenvalue weighted by Crippen LogP contribution is 2.28. The number of carbonyl (C=O) groups excluding carboxylic acids is 1. The Kier molecular flexibility index (Phi) is 6.07. The van der Waals surface area contributed by atoms with Gasteiger partial charge in [-0.25, -0.2) is 4.39 Å². The number of anilines is 1. The van der Waals surface area contributed by atoms with E-state index in [9.17, 15) is 14.4 Å². The molecule has 146 valence electrons. The third-order valence-electron chi connectivity index (χ3n) is 4.40. The van der Waals surface area contributed by atoms with Crippen LogP contribution in [0.5, 0.6) is 0 Å². The second kappa shape index (κ2) is 8.52. The van der Waals surface area contributed by atoms with E-state index < -0.39 is 11.7 Å². The maximum Gasteiger partial charge on any atom is 0.266 e. The third-order valence-corrected chi connectivity index (χ3v) is 5.14. The van der Waals surface area contributed by atoms with E-state index in [-0.39, 0.29) is 5.57 Å². The molecule has 0 spiro atoms. The van der Waals surface area contributed by atoms with Gasteiger partial charge < -0.3 is 9.88 Å². The van der Waals surface area contributed by atoms with Crippen LogP contribution < -0.4 is 5.32 Å². The maximum atomic E-state index is 13.0. The van der Waals surface area contributed by atoms with E-state index >= 15 is 0 Å². The number of carbonyl (C=O) groups is 1. The summed E-state index contributed by atoms with van der Waals surface area (Å²) in [6.45, 7) is 3.80. The van der Waals surface area contributed by atoms with E-state index in [0.717, 1.165) is 22.6 Å². The lowest BCUT2D eigenvalue weighted by molar-refractivity contribution is -0.112. The van der Waals surface area contributed by atoms with Crippen LogP contribution in [0.25, 0.3) is 11.8 Å². The fraction of sp³-hybridized carbons (Fsp3) is 0.0909. The van der Waals surface area contributed by atoms with Crippen LogP contribution in [0.15, 0.2) is 54.1 Å². The lowest BCUT2D eigenvalue weighted by Crippen LogP contribution is -2.13. The molecule has 0 atom stereocenters. The van der Waals surface area contributed by atoms with Gasteiger partial charge >= 0.3 is 0 Å². The Morgan fingerprint density at radius 3 is 2.41 bits per heavy atom. The number of aryl methyl sites for hydroxylation is 1. The summed E-state index contributed by atoms with van der Waals surface area (Å²) in [4.78, 5) is 12.5. The third kappa shape index (κ3) is 4.51. The number of rotatable bonds is 4. The molecule has 1 N–H and O–H groups in total. The van der Waals surface area contributed by atoms with E-state index in [1.54, 1.807) is 12.1 Å². The highest BCUT2D eigenvalue weighted by atomic mass is 35.5. The van der Waals surface area contributed by atoms with E-state index in [2.05, 4.69) is 5.32 Å². The lowest BCUT2D eigenvalue weighted by atomic mass is 10.1. The van der Waals surface area contributed by atoms with Gasteiger partial charge in [-0.2, -0.15) is 5.26 Å². The number of hydrogen-bond donors (Lipinski definition) is 1. The van der Waals surface area contributed by atoms with Crippen LogP contribution in [0, 0.1) is 31.0 Å². The zero-order chi connectivity index (χ0) is 21.1. The molecule has 4 nitrogen and oxygen atoms in total. The van der Waals surface area contributed by atoms with Crippen molar-refractivity contribution < 1.29 is 9.18 Å². The van der Waals surface area contributed by atoms with Crippen LogP contribution >= 0.6 is 23.2 Å². The molecule has 1 heterocycles. The average molecular weight is 428 g/mol. The van der Waals surface area contributed by atoms with Crippen molar-refractivity contribution in [3.8, 4) is 11.8 Å². The Morgan fingerprint density at radius 1 is 1.10 bits per heavy atom. The fourth-order valence-corrected chi connectivity index (χ4v) is 3.28. The van der Waals surface area contributed by atoms with Crippen LogP contribution in [-0.4, -0.2) is 10.5 Å². The summed E-state index contributed by atoms with van der Waals surface area (Å²) in [7, 11) is 0. The highest BCUT2D eigenvalue weighted by Gasteiger charge is 2.14. The first kappa shape index (κ1) is 20.7. The van der Waals surface area contributed by atoms with Gasteiger partial charge in [0.2, 0.25) is 0 Å². The molecule has 0 fully saturated rings. The molecule has 2 aromatic carbocycles. The van der Waals surface area contributed by atoms with Crippen LogP contribution in [-0.2, 0) is 4.79 Å². The van der Waals surface area contributed by atoms with Crippen LogP contribution in [0.1, 0.15) is 17.0 Å². The molecule has 7 heteroatoms. The molecule has 29 heavy (non-hydrogen) atoms. The van der Waals surface area contributed by atoms with Crippen molar-refractivity contribution in [2.75, 3.05) is 5.32 Å². The summed E-state index contributed by atoms with van der Waals surface area (Å²) >= 11 is 12.1. The van der Waals surface area contributed by atoms with Crippen molar-refractivity contribution >= 4 is 40.9 Å². The van der Waals surface area contributed by atoms with Gasteiger partial charge in [0.15, 0.2) is 0 Å². The van der Waals surface area contributed by atoms with Gasteiger partial charge in [-0.3, -0.25) is 4.79 Å². The number of nitrogens with one attached hydrogen (secondary N) is 1. The molecule has 3 aromatic rings. The predicted octanol–water partition coefficient (Wildman–Crippen LogP) is 6.09. The summed E-state index contributed by atoms with van der Waals surface area (Å²) in [5.41, 5.74) is 3.62. The monoisotopic (exact) mass is 427 g/mol. The van der Waals surface area contributed by atoms with Gasteiger partial charge in [-0.05, 0) is 74.0 Å². The molecule has 3 rings (SSSR count). The number of aromatic nitrogens is 1. The normalized spacial score (nSPS) is 11.2. The highest BCUT2D eigenvalue weighted by molar-refractivity contribution is 6.42. The van der Waals surface area contributed by atoms with Crippen LogP contribution in [0.4, 0.5) is 10.1 Å². The number of nitriles is 1. The second-order valence-corrected chi connectivity index (χ2v) is 7.21. The van der Waals surface area contributed by atoms with E-state index in [4.69, 9.17) is 23.2 Å². The molecule has 0 radical (unpaired) electrons. The summed E-state index contributed by atoms with van der Waals surface area (Å²) < 4.78 is 15.0. The quantitative estimate of drug-likeness (QED) is 0.404. The van der Waals surface area contributed by atoms with Crippen molar-refractivity contribution in [3.05, 3.63) is 86.9 Å².